The minimum Gasteiger partial charge on any atom is -0.258 e. The summed E-state index contributed by atoms with van der Waals surface area (Å²) in [5, 5.41) is 11.2. The molecule has 1 rings (SSSR count). The Kier molecular flexibility index (Phi) is 3.63. The zero-order valence-corrected chi connectivity index (χ0v) is 8.83. The molecule has 1 aliphatic carbocycles. The Hall–Kier alpha value is -1.61. The zero-order valence-electron chi connectivity index (χ0n) is 8.07. The van der Waals surface area contributed by atoms with Gasteiger partial charge in [-0.3, -0.25) is 10.1 Å². The predicted octanol–water partition coefficient (Wildman–Crippen LogP) is 3.34. The number of allylic oxidation sites excluding steroid dienone is 7. The van der Waals surface area contributed by atoms with Gasteiger partial charge in [0.25, 0.3) is 5.70 Å². The topological polar surface area (TPSA) is 43.1 Å². The van der Waals surface area contributed by atoms with Gasteiger partial charge in [0.15, 0.2) is 0 Å². The maximum atomic E-state index is 10.8. The van der Waals surface area contributed by atoms with Gasteiger partial charge in [0.2, 0.25) is 0 Å². The van der Waals surface area contributed by atoms with Gasteiger partial charge < -0.3 is 0 Å². The zero-order chi connectivity index (χ0) is 11.4. The van der Waals surface area contributed by atoms with Crippen molar-refractivity contribution >= 4 is 11.6 Å². The van der Waals surface area contributed by atoms with Crippen molar-refractivity contribution in [2.75, 3.05) is 0 Å². The summed E-state index contributed by atoms with van der Waals surface area (Å²) >= 11 is 5.79. The van der Waals surface area contributed by atoms with Crippen LogP contribution in [0.4, 0.5) is 0 Å². The Morgan fingerprint density at radius 3 is 2.73 bits per heavy atom. The summed E-state index contributed by atoms with van der Waals surface area (Å²) in [5.74, 6) is 0. The molecule has 15 heavy (non-hydrogen) atoms. The number of hydrogen-bond donors (Lipinski definition) is 0. The van der Waals surface area contributed by atoms with E-state index in [0.717, 1.165) is 0 Å². The number of nitro groups is 1. The first kappa shape index (κ1) is 11.5. The molecule has 0 saturated heterocycles. The molecule has 0 aromatic heterocycles. The Balaban J connectivity index is 3.28. The van der Waals surface area contributed by atoms with Crippen LogP contribution in [-0.2, 0) is 0 Å². The Morgan fingerprint density at radius 1 is 1.53 bits per heavy atom. The standard InChI is InChI=1S/C11H10ClNO2/c1-3-4-10-8(2)7-9(12)5-6-11(10)13(14)15/h3,5-7H,1-2,4H2. The molecule has 1 aliphatic rings. The average Bonchev–Trinajstić information content (AvgIpc) is 2.27. The SMILES string of the molecule is C=CCC1=C([N+](=O)[O-])C=CC(Cl)=CC1=C. The van der Waals surface area contributed by atoms with E-state index in [-0.39, 0.29) is 5.70 Å². The van der Waals surface area contributed by atoms with E-state index in [9.17, 15) is 10.1 Å². The van der Waals surface area contributed by atoms with Crippen molar-refractivity contribution in [3.05, 3.63) is 69.5 Å². The second-order valence-corrected chi connectivity index (χ2v) is 3.44. The monoisotopic (exact) mass is 223 g/mol. The molecule has 0 bridgehead atoms. The van der Waals surface area contributed by atoms with Crippen LogP contribution in [0.2, 0.25) is 0 Å². The molecule has 78 valence electrons. The number of hydrogen-bond acceptors (Lipinski definition) is 2. The van der Waals surface area contributed by atoms with Crippen LogP contribution in [0.1, 0.15) is 6.42 Å². The quantitative estimate of drug-likeness (QED) is 0.418. The fourth-order valence-electron chi connectivity index (χ4n) is 1.28. The summed E-state index contributed by atoms with van der Waals surface area (Å²) in [5.41, 5.74) is 1.12. The Labute approximate surface area is 92.9 Å². The molecule has 0 aromatic rings. The maximum absolute atomic E-state index is 10.8. The van der Waals surface area contributed by atoms with Gasteiger partial charge in [0, 0.05) is 16.7 Å². The molecule has 0 spiro atoms. The minimum absolute atomic E-state index is 0.0202. The van der Waals surface area contributed by atoms with E-state index in [4.69, 9.17) is 11.6 Å². The highest BCUT2D eigenvalue weighted by molar-refractivity contribution is 6.31. The number of halogens is 1. The molecule has 0 aliphatic heterocycles. The highest BCUT2D eigenvalue weighted by atomic mass is 35.5. The van der Waals surface area contributed by atoms with Crippen molar-refractivity contribution in [1.82, 2.24) is 0 Å². The smallest absolute Gasteiger partial charge is 0.258 e. The van der Waals surface area contributed by atoms with E-state index in [2.05, 4.69) is 13.2 Å². The lowest BCUT2D eigenvalue weighted by Crippen LogP contribution is -2.01. The van der Waals surface area contributed by atoms with Gasteiger partial charge in [-0.1, -0.05) is 24.3 Å². The molecule has 0 unspecified atom stereocenters. The van der Waals surface area contributed by atoms with Crippen molar-refractivity contribution in [3.8, 4) is 0 Å². The molecule has 0 N–H and O–H groups in total. The summed E-state index contributed by atoms with van der Waals surface area (Å²) < 4.78 is 0. The first-order valence-electron chi connectivity index (χ1n) is 4.29. The molecule has 4 heteroatoms. The molecule has 0 amide bonds. The average molecular weight is 224 g/mol. The van der Waals surface area contributed by atoms with Crippen LogP contribution in [0.3, 0.4) is 0 Å². The van der Waals surface area contributed by atoms with Gasteiger partial charge in [0.05, 0.1) is 4.92 Å². The molecule has 0 aromatic carbocycles. The van der Waals surface area contributed by atoms with Crippen LogP contribution >= 0.6 is 11.6 Å². The van der Waals surface area contributed by atoms with E-state index in [0.29, 0.717) is 22.6 Å². The summed E-state index contributed by atoms with van der Waals surface area (Å²) in [6, 6.07) is 0. The molecule has 0 fully saturated rings. The molecule has 0 radical (unpaired) electrons. The lowest BCUT2D eigenvalue weighted by atomic mass is 10.0. The third-order valence-electron chi connectivity index (χ3n) is 1.95. The fraction of sp³-hybridized carbons (Fsp3) is 0.0909. The van der Waals surface area contributed by atoms with Crippen LogP contribution in [0.15, 0.2) is 59.3 Å². The van der Waals surface area contributed by atoms with Crippen molar-refractivity contribution in [3.63, 3.8) is 0 Å². The van der Waals surface area contributed by atoms with Gasteiger partial charge in [-0.15, -0.1) is 6.58 Å². The summed E-state index contributed by atoms with van der Waals surface area (Å²) in [4.78, 5) is 10.4. The van der Waals surface area contributed by atoms with Gasteiger partial charge in [-0.05, 0) is 24.1 Å². The van der Waals surface area contributed by atoms with Crippen LogP contribution < -0.4 is 0 Å². The van der Waals surface area contributed by atoms with Gasteiger partial charge in [-0.25, -0.2) is 0 Å². The van der Waals surface area contributed by atoms with Gasteiger partial charge >= 0.3 is 0 Å². The van der Waals surface area contributed by atoms with Crippen LogP contribution in [-0.4, -0.2) is 4.92 Å². The first-order chi connectivity index (χ1) is 7.06. The van der Waals surface area contributed by atoms with E-state index < -0.39 is 4.92 Å². The minimum atomic E-state index is -0.441. The van der Waals surface area contributed by atoms with Crippen molar-refractivity contribution in [2.45, 2.75) is 6.42 Å². The molecular formula is C11H10ClNO2. The van der Waals surface area contributed by atoms with Crippen molar-refractivity contribution in [1.29, 1.82) is 0 Å². The predicted molar refractivity (Wildman–Crippen MR) is 61.1 cm³/mol. The number of rotatable bonds is 3. The Bertz CT molecular complexity index is 416. The Morgan fingerprint density at radius 2 is 2.20 bits per heavy atom. The second kappa shape index (κ2) is 4.75. The molecule has 0 saturated carbocycles. The summed E-state index contributed by atoms with van der Waals surface area (Å²) in [7, 11) is 0. The van der Waals surface area contributed by atoms with Crippen molar-refractivity contribution in [2.24, 2.45) is 0 Å². The largest absolute Gasteiger partial charge is 0.273 e. The normalized spacial score (nSPS) is 16.1. The van der Waals surface area contributed by atoms with Gasteiger partial charge in [0.1, 0.15) is 0 Å². The van der Waals surface area contributed by atoms with E-state index in [1.165, 1.54) is 12.2 Å². The third kappa shape index (κ3) is 2.67. The molecule has 0 heterocycles. The lowest BCUT2D eigenvalue weighted by molar-refractivity contribution is -0.420. The molecule has 0 atom stereocenters. The molecule has 3 nitrogen and oxygen atoms in total. The van der Waals surface area contributed by atoms with Crippen LogP contribution in [0.5, 0.6) is 0 Å². The van der Waals surface area contributed by atoms with Crippen LogP contribution in [0.25, 0.3) is 0 Å². The highest BCUT2D eigenvalue weighted by Crippen LogP contribution is 2.26. The molecular weight excluding hydrogens is 214 g/mol. The highest BCUT2D eigenvalue weighted by Gasteiger charge is 2.18. The van der Waals surface area contributed by atoms with Gasteiger partial charge in [-0.2, -0.15) is 0 Å². The van der Waals surface area contributed by atoms with Crippen LogP contribution in [0, 0.1) is 10.1 Å². The number of nitrogens with zero attached hydrogens (tertiary/aromatic N) is 1. The van der Waals surface area contributed by atoms with E-state index >= 15 is 0 Å². The second-order valence-electron chi connectivity index (χ2n) is 3.00. The van der Waals surface area contributed by atoms with E-state index in [1.807, 2.05) is 0 Å². The fourth-order valence-corrected chi connectivity index (χ4v) is 1.47. The van der Waals surface area contributed by atoms with Crippen molar-refractivity contribution < 1.29 is 4.92 Å². The first-order valence-corrected chi connectivity index (χ1v) is 4.67. The van der Waals surface area contributed by atoms with E-state index in [1.54, 1.807) is 12.2 Å². The lowest BCUT2D eigenvalue weighted by Gasteiger charge is -2.03. The summed E-state index contributed by atoms with van der Waals surface area (Å²) in [6.45, 7) is 7.30. The maximum Gasteiger partial charge on any atom is 0.273 e. The summed E-state index contributed by atoms with van der Waals surface area (Å²) in [6.07, 6.45) is 6.48. The third-order valence-corrected chi connectivity index (χ3v) is 2.19.